The van der Waals surface area contributed by atoms with E-state index in [9.17, 15) is 10.5 Å². The Labute approximate surface area is 394 Å². The summed E-state index contributed by atoms with van der Waals surface area (Å²) in [5.74, 6) is 1.48. The molecule has 13 aromatic rings. The normalized spacial score (nSPS) is 13.1. The van der Waals surface area contributed by atoms with Crippen molar-refractivity contribution in [2.24, 2.45) is 0 Å². The summed E-state index contributed by atoms with van der Waals surface area (Å²) >= 11 is 0. The molecule has 0 bridgehead atoms. The van der Waals surface area contributed by atoms with Crippen molar-refractivity contribution in [1.82, 2.24) is 23.7 Å². The number of nitriles is 2. The highest BCUT2D eigenvalue weighted by molar-refractivity contribution is 6.13. The number of ether oxygens (including phenoxy) is 1. The van der Waals surface area contributed by atoms with Crippen LogP contribution in [-0.2, 0) is 5.41 Å². The van der Waals surface area contributed by atoms with Crippen LogP contribution in [0.5, 0.6) is 11.5 Å². The van der Waals surface area contributed by atoms with E-state index in [2.05, 4.69) is 177 Å². The predicted octanol–water partition coefficient (Wildman–Crippen LogP) is 14.0. The SMILES string of the molecule is N#Cc1ccc2c(c1)c1ccccc1n2-c1ccc2c(c1)c1ccccc1n2-c1ccc2c(c1)Oc1cccc(-n3c4ccccc4c4cc(C#N)ccc43)c1C21c2cccnc2-c2ncccc21. The number of hydrogen-bond acceptors (Lipinski definition) is 5. The van der Waals surface area contributed by atoms with Crippen LogP contribution in [-0.4, -0.2) is 23.7 Å². The minimum atomic E-state index is -0.873. The molecule has 1 aliphatic heterocycles. The third kappa shape index (κ3) is 4.83. The molecule has 6 heterocycles. The molecule has 1 spiro atoms. The molecule has 0 saturated carbocycles. The van der Waals surface area contributed by atoms with Crippen LogP contribution in [0.2, 0.25) is 0 Å². The van der Waals surface area contributed by atoms with Crippen LogP contribution >= 0.6 is 0 Å². The summed E-state index contributed by atoms with van der Waals surface area (Å²) in [5, 5.41) is 26.3. The highest BCUT2D eigenvalue weighted by atomic mass is 16.5. The summed E-state index contributed by atoms with van der Waals surface area (Å²) in [6.45, 7) is 0. The Hall–Kier alpha value is -9.76. The van der Waals surface area contributed by atoms with Crippen molar-refractivity contribution < 1.29 is 4.74 Å². The van der Waals surface area contributed by atoms with Gasteiger partial charge in [-0.25, -0.2) is 0 Å². The van der Waals surface area contributed by atoms with Crippen LogP contribution in [0, 0.1) is 22.7 Å². The zero-order valence-corrected chi connectivity index (χ0v) is 36.6. The zero-order chi connectivity index (χ0) is 45.5. The van der Waals surface area contributed by atoms with Gasteiger partial charge in [0.15, 0.2) is 0 Å². The molecule has 69 heavy (non-hydrogen) atoms. The third-order valence-corrected chi connectivity index (χ3v) is 14.6. The lowest BCUT2D eigenvalue weighted by Crippen LogP contribution is -2.33. The summed E-state index contributed by atoms with van der Waals surface area (Å²) in [5.41, 5.74) is 15.4. The van der Waals surface area contributed by atoms with Crippen LogP contribution in [0.3, 0.4) is 0 Å². The first-order valence-corrected chi connectivity index (χ1v) is 22.9. The second kappa shape index (κ2) is 13.6. The minimum Gasteiger partial charge on any atom is -0.457 e. The first-order chi connectivity index (χ1) is 34.1. The van der Waals surface area contributed by atoms with Gasteiger partial charge in [-0.1, -0.05) is 78.9 Å². The fourth-order valence-corrected chi connectivity index (χ4v) is 12.0. The highest BCUT2D eigenvalue weighted by Crippen LogP contribution is 2.63. The van der Waals surface area contributed by atoms with Crippen LogP contribution in [0.15, 0.2) is 200 Å². The predicted molar refractivity (Wildman–Crippen MR) is 272 cm³/mol. The Morgan fingerprint density at radius 1 is 0.391 bits per heavy atom. The lowest BCUT2D eigenvalue weighted by Gasteiger charge is -2.40. The standard InChI is InChI=1S/C61H33N7O/c62-34-36-20-25-52-43(30-36)40-10-1-4-15-49(40)66(52)38-23-27-53-45(32-38)42-12-2-5-16-50(42)67(53)39-22-24-46-57(33-39)69-56-19-7-18-55(68-51-17-6-3-11-41(51)44-31-37(35-63)21-26-54(44)68)58(56)61(46)47-13-8-28-64-59(47)60-48(61)14-9-29-65-60/h1-33H. The maximum Gasteiger partial charge on any atom is 0.134 e. The molecular weight excluding hydrogens is 847 g/mol. The van der Waals surface area contributed by atoms with E-state index in [-0.39, 0.29) is 0 Å². The van der Waals surface area contributed by atoms with Gasteiger partial charge >= 0.3 is 0 Å². The highest BCUT2D eigenvalue weighted by Gasteiger charge is 2.54. The van der Waals surface area contributed by atoms with Crippen LogP contribution in [0.1, 0.15) is 33.4 Å². The topological polar surface area (TPSA) is 97.4 Å². The van der Waals surface area contributed by atoms with Crippen LogP contribution in [0.25, 0.3) is 93.9 Å². The monoisotopic (exact) mass is 879 g/mol. The van der Waals surface area contributed by atoms with Crippen molar-refractivity contribution in [3.63, 3.8) is 0 Å². The molecule has 0 fully saturated rings. The molecule has 15 rings (SSSR count). The summed E-state index contributed by atoms with van der Waals surface area (Å²) in [6.07, 6.45) is 3.71. The van der Waals surface area contributed by atoms with E-state index in [0.29, 0.717) is 11.1 Å². The molecule has 2 aliphatic rings. The number of hydrogen-bond donors (Lipinski definition) is 0. The molecule has 0 saturated heterocycles. The van der Waals surface area contributed by atoms with Crippen molar-refractivity contribution in [2.75, 3.05) is 0 Å². The van der Waals surface area contributed by atoms with Gasteiger partial charge in [0.05, 0.1) is 78.9 Å². The number of benzene rings is 8. The fourth-order valence-electron chi connectivity index (χ4n) is 12.0. The number of aromatic nitrogens is 5. The van der Waals surface area contributed by atoms with Crippen molar-refractivity contribution in [3.05, 3.63) is 234 Å². The Bertz CT molecular complexity index is 4470. The van der Waals surface area contributed by atoms with Gasteiger partial charge in [0.2, 0.25) is 0 Å². The van der Waals surface area contributed by atoms with Gasteiger partial charge in [0.25, 0.3) is 0 Å². The van der Waals surface area contributed by atoms with Gasteiger partial charge in [0.1, 0.15) is 11.5 Å². The maximum absolute atomic E-state index is 9.98. The van der Waals surface area contributed by atoms with Crippen molar-refractivity contribution in [2.45, 2.75) is 5.41 Å². The number of para-hydroxylation sites is 3. The quantitative estimate of drug-likeness (QED) is 0.176. The maximum atomic E-state index is 9.98. The van der Waals surface area contributed by atoms with Gasteiger partial charge < -0.3 is 18.4 Å². The van der Waals surface area contributed by atoms with E-state index < -0.39 is 5.41 Å². The summed E-state index contributed by atoms with van der Waals surface area (Å²) in [7, 11) is 0. The lowest BCUT2D eigenvalue weighted by atomic mass is 9.65. The van der Waals surface area contributed by atoms with E-state index in [1.807, 2.05) is 48.8 Å². The molecule has 8 nitrogen and oxygen atoms in total. The molecule has 0 unspecified atom stereocenters. The first-order valence-electron chi connectivity index (χ1n) is 22.9. The average molecular weight is 880 g/mol. The molecule has 0 atom stereocenters. The smallest absolute Gasteiger partial charge is 0.134 e. The molecule has 0 radical (unpaired) electrons. The van der Waals surface area contributed by atoms with Crippen molar-refractivity contribution in [1.29, 1.82) is 10.5 Å². The lowest BCUT2D eigenvalue weighted by molar-refractivity contribution is 0.435. The van der Waals surface area contributed by atoms with E-state index >= 15 is 0 Å². The van der Waals surface area contributed by atoms with Crippen molar-refractivity contribution >= 4 is 65.4 Å². The molecule has 8 heteroatoms. The zero-order valence-electron chi connectivity index (χ0n) is 36.6. The Kier molecular flexibility index (Phi) is 7.41. The Morgan fingerprint density at radius 2 is 0.884 bits per heavy atom. The summed E-state index contributed by atoms with van der Waals surface area (Å²) < 4.78 is 14.3. The van der Waals surface area contributed by atoms with E-state index in [1.165, 1.54) is 0 Å². The number of nitrogens with zero attached hydrogens (tertiary/aromatic N) is 7. The Balaban J connectivity index is 0.979. The average Bonchev–Trinajstić information content (AvgIpc) is 4.12. The van der Waals surface area contributed by atoms with Gasteiger partial charge in [-0.15, -0.1) is 0 Å². The van der Waals surface area contributed by atoms with Gasteiger partial charge in [0, 0.05) is 73.3 Å². The van der Waals surface area contributed by atoms with Crippen molar-refractivity contribution in [3.8, 4) is 52.1 Å². The van der Waals surface area contributed by atoms with Gasteiger partial charge in [-0.2, -0.15) is 10.5 Å². The number of fused-ring (bicyclic) bond motifs is 18. The first kappa shape index (κ1) is 37.5. The summed E-state index contributed by atoms with van der Waals surface area (Å²) in [4.78, 5) is 10.1. The van der Waals surface area contributed by atoms with Gasteiger partial charge in [-0.3, -0.25) is 9.97 Å². The van der Waals surface area contributed by atoms with E-state index in [4.69, 9.17) is 14.7 Å². The molecule has 318 valence electrons. The Morgan fingerprint density at radius 3 is 1.48 bits per heavy atom. The molecule has 5 aromatic heterocycles. The fraction of sp³-hybridized carbons (Fsp3) is 0.0164. The number of rotatable bonds is 3. The van der Waals surface area contributed by atoms with E-state index in [0.717, 1.165) is 128 Å². The minimum absolute atomic E-state index is 0.614. The number of pyridine rings is 2. The van der Waals surface area contributed by atoms with E-state index in [1.54, 1.807) is 0 Å². The van der Waals surface area contributed by atoms with Crippen LogP contribution in [0.4, 0.5) is 0 Å². The largest absolute Gasteiger partial charge is 0.457 e. The van der Waals surface area contributed by atoms with Gasteiger partial charge in [-0.05, 0) is 114 Å². The van der Waals surface area contributed by atoms with Crippen LogP contribution < -0.4 is 4.74 Å². The molecule has 0 N–H and O–H groups in total. The summed E-state index contributed by atoms with van der Waals surface area (Å²) in [6, 6.07) is 70.2. The molecule has 8 aromatic carbocycles. The third-order valence-electron chi connectivity index (χ3n) is 14.6. The molecule has 0 amide bonds. The second-order valence-electron chi connectivity index (χ2n) is 17.9. The molecular formula is C61H33N7O. The second-order valence-corrected chi connectivity index (χ2v) is 17.9. The molecule has 1 aliphatic carbocycles.